The number of unbranched alkanes of at least 4 members (excludes halogenated alkanes) is 33. The second-order valence-corrected chi connectivity index (χ2v) is 16.5. The number of aliphatic hydroxyl groups is 2. The number of amides is 1. The molecule has 2 atom stereocenters. The highest BCUT2D eigenvalue weighted by molar-refractivity contribution is 5.76. The van der Waals surface area contributed by atoms with E-state index in [9.17, 15) is 19.8 Å². The van der Waals surface area contributed by atoms with Gasteiger partial charge in [0.1, 0.15) is 0 Å². The number of carbonyl (C=O) groups excluding carboxylic acids is 2. The molecule has 2 unspecified atom stereocenters. The number of rotatable bonds is 44. The van der Waals surface area contributed by atoms with E-state index in [0.29, 0.717) is 25.9 Å². The third kappa shape index (κ3) is 40.3. The summed E-state index contributed by atoms with van der Waals surface area (Å²) in [6.07, 6.45) is 46.3. The van der Waals surface area contributed by atoms with Crippen molar-refractivity contribution in [3.63, 3.8) is 0 Å². The minimum Gasteiger partial charge on any atom is -0.466 e. The number of hydrogen-bond acceptors (Lipinski definition) is 5. The minimum atomic E-state index is -0.671. The van der Waals surface area contributed by atoms with E-state index in [1.807, 2.05) is 0 Å². The van der Waals surface area contributed by atoms with E-state index < -0.39 is 12.1 Å². The molecule has 6 nitrogen and oxygen atoms in total. The van der Waals surface area contributed by atoms with Crippen LogP contribution in [0.15, 0.2) is 0 Å². The fourth-order valence-electron chi connectivity index (χ4n) is 7.46. The molecule has 0 aromatic carbocycles. The smallest absolute Gasteiger partial charge is 0.305 e. The lowest BCUT2D eigenvalue weighted by atomic mass is 10.0. The lowest BCUT2D eigenvalue weighted by Gasteiger charge is -2.22. The van der Waals surface area contributed by atoms with Crippen LogP contribution in [0, 0.1) is 0 Å². The van der Waals surface area contributed by atoms with Crippen LogP contribution in [0.4, 0.5) is 0 Å². The summed E-state index contributed by atoms with van der Waals surface area (Å²) in [7, 11) is 0. The van der Waals surface area contributed by atoms with E-state index in [4.69, 9.17) is 4.74 Å². The Kier molecular flexibility index (Phi) is 42.6. The molecule has 0 aromatic rings. The zero-order valence-electron chi connectivity index (χ0n) is 35.8. The topological polar surface area (TPSA) is 95.9 Å². The third-order valence-corrected chi connectivity index (χ3v) is 11.2. The molecule has 0 saturated heterocycles. The lowest BCUT2D eigenvalue weighted by Crippen LogP contribution is -2.45. The molecular formula is C47H93NO5. The standard InChI is InChI=1S/C47H93NO5/c1-3-5-7-9-11-13-15-16-21-25-29-33-37-41-47(52)53-42-38-34-30-26-22-18-17-20-24-28-32-36-40-46(51)48-44(43-49)45(50)39-35-31-27-23-19-14-12-10-8-6-4-2/h44-45,49-50H,3-43H2,1-2H3,(H,48,51). The Bertz CT molecular complexity index is 746. The second kappa shape index (κ2) is 43.6. The summed E-state index contributed by atoms with van der Waals surface area (Å²) in [6, 6.07) is -0.549. The molecule has 53 heavy (non-hydrogen) atoms. The van der Waals surface area contributed by atoms with Crippen LogP contribution in [0.1, 0.15) is 264 Å². The molecule has 0 heterocycles. The van der Waals surface area contributed by atoms with Gasteiger partial charge in [0.2, 0.25) is 5.91 Å². The number of aliphatic hydroxyl groups excluding tert-OH is 2. The highest BCUT2D eigenvalue weighted by Gasteiger charge is 2.20. The molecule has 0 spiro atoms. The normalized spacial score (nSPS) is 12.6. The molecule has 0 aromatic heterocycles. The highest BCUT2D eigenvalue weighted by Crippen LogP contribution is 2.16. The van der Waals surface area contributed by atoms with Crippen LogP contribution in [-0.4, -0.2) is 47.4 Å². The van der Waals surface area contributed by atoms with Crippen molar-refractivity contribution in [2.24, 2.45) is 0 Å². The van der Waals surface area contributed by atoms with E-state index in [1.165, 1.54) is 173 Å². The van der Waals surface area contributed by atoms with Gasteiger partial charge in [0, 0.05) is 12.8 Å². The molecule has 6 heteroatoms. The summed E-state index contributed by atoms with van der Waals surface area (Å²) in [6.45, 7) is 4.91. The maximum absolute atomic E-state index is 12.4. The maximum atomic E-state index is 12.4. The van der Waals surface area contributed by atoms with Crippen molar-refractivity contribution in [2.75, 3.05) is 13.2 Å². The quantitative estimate of drug-likeness (QED) is 0.0425. The number of hydrogen-bond donors (Lipinski definition) is 3. The first kappa shape index (κ1) is 51.9. The van der Waals surface area contributed by atoms with E-state index in [-0.39, 0.29) is 18.5 Å². The number of carbonyl (C=O) groups is 2. The van der Waals surface area contributed by atoms with Crippen LogP contribution >= 0.6 is 0 Å². The van der Waals surface area contributed by atoms with Crippen molar-refractivity contribution in [1.82, 2.24) is 5.32 Å². The van der Waals surface area contributed by atoms with E-state index in [1.54, 1.807) is 0 Å². The average molecular weight is 752 g/mol. The first-order chi connectivity index (χ1) is 26.0. The van der Waals surface area contributed by atoms with Crippen molar-refractivity contribution < 1.29 is 24.5 Å². The van der Waals surface area contributed by atoms with Crippen molar-refractivity contribution in [3.05, 3.63) is 0 Å². The fourth-order valence-corrected chi connectivity index (χ4v) is 7.46. The summed E-state index contributed by atoms with van der Waals surface area (Å²) < 4.78 is 5.45. The van der Waals surface area contributed by atoms with Crippen LogP contribution < -0.4 is 5.32 Å². The molecule has 3 N–H and O–H groups in total. The summed E-state index contributed by atoms with van der Waals surface area (Å²) in [4.78, 5) is 24.4. The Morgan fingerprint density at radius 2 is 0.774 bits per heavy atom. The summed E-state index contributed by atoms with van der Waals surface area (Å²) in [5.41, 5.74) is 0. The molecule has 0 radical (unpaired) electrons. The zero-order chi connectivity index (χ0) is 38.7. The zero-order valence-corrected chi connectivity index (χ0v) is 35.8. The van der Waals surface area contributed by atoms with Crippen molar-refractivity contribution in [3.8, 4) is 0 Å². The van der Waals surface area contributed by atoms with Gasteiger partial charge in [-0.25, -0.2) is 0 Å². The van der Waals surface area contributed by atoms with Gasteiger partial charge in [-0.2, -0.15) is 0 Å². The van der Waals surface area contributed by atoms with Gasteiger partial charge in [-0.3, -0.25) is 9.59 Å². The summed E-state index contributed by atoms with van der Waals surface area (Å²) in [5, 5.41) is 23.1. The third-order valence-electron chi connectivity index (χ3n) is 11.2. The Balaban J connectivity index is 3.44. The Hall–Kier alpha value is -1.14. The number of ether oxygens (including phenoxy) is 1. The van der Waals surface area contributed by atoms with Gasteiger partial charge in [-0.1, -0.05) is 226 Å². The van der Waals surface area contributed by atoms with Gasteiger partial charge >= 0.3 is 5.97 Å². The maximum Gasteiger partial charge on any atom is 0.305 e. The van der Waals surface area contributed by atoms with Crippen LogP contribution in [0.2, 0.25) is 0 Å². The van der Waals surface area contributed by atoms with E-state index >= 15 is 0 Å². The number of nitrogens with one attached hydrogen (secondary N) is 1. The van der Waals surface area contributed by atoms with Gasteiger partial charge in [-0.05, 0) is 25.7 Å². The van der Waals surface area contributed by atoms with Gasteiger partial charge in [-0.15, -0.1) is 0 Å². The highest BCUT2D eigenvalue weighted by atomic mass is 16.5. The van der Waals surface area contributed by atoms with Gasteiger partial charge in [0.05, 0.1) is 25.4 Å². The minimum absolute atomic E-state index is 0.00765. The molecule has 0 saturated carbocycles. The van der Waals surface area contributed by atoms with Crippen LogP contribution in [-0.2, 0) is 14.3 Å². The van der Waals surface area contributed by atoms with Gasteiger partial charge in [0.15, 0.2) is 0 Å². The molecule has 0 aliphatic heterocycles. The number of esters is 1. The predicted molar refractivity (Wildman–Crippen MR) is 227 cm³/mol. The first-order valence-electron chi connectivity index (χ1n) is 23.8. The first-order valence-corrected chi connectivity index (χ1v) is 23.8. The van der Waals surface area contributed by atoms with Crippen molar-refractivity contribution >= 4 is 11.9 Å². The van der Waals surface area contributed by atoms with Crippen LogP contribution in [0.3, 0.4) is 0 Å². The molecule has 0 aliphatic rings. The Labute approximate surface area is 330 Å². The molecule has 0 fully saturated rings. The monoisotopic (exact) mass is 752 g/mol. The Morgan fingerprint density at radius 3 is 1.15 bits per heavy atom. The summed E-state index contributed by atoms with van der Waals surface area (Å²) in [5.74, 6) is -0.0584. The SMILES string of the molecule is CCCCCCCCCCCCCCCC(=O)OCCCCCCCCCCCCCCC(=O)NC(CO)C(O)CCCCCCCCCCCCC. The van der Waals surface area contributed by atoms with Crippen LogP contribution in [0.5, 0.6) is 0 Å². The lowest BCUT2D eigenvalue weighted by molar-refractivity contribution is -0.143. The van der Waals surface area contributed by atoms with Gasteiger partial charge in [0.25, 0.3) is 0 Å². The van der Waals surface area contributed by atoms with Crippen molar-refractivity contribution in [1.29, 1.82) is 0 Å². The second-order valence-electron chi connectivity index (χ2n) is 16.5. The molecule has 0 rings (SSSR count). The molecule has 1 amide bonds. The molecule has 0 aliphatic carbocycles. The fraction of sp³-hybridized carbons (Fsp3) is 0.957. The summed E-state index contributed by atoms with van der Waals surface area (Å²) >= 11 is 0. The predicted octanol–water partition coefficient (Wildman–Crippen LogP) is 13.6. The largest absolute Gasteiger partial charge is 0.466 e. The van der Waals surface area contributed by atoms with E-state index in [0.717, 1.165) is 57.8 Å². The van der Waals surface area contributed by atoms with Crippen LogP contribution in [0.25, 0.3) is 0 Å². The van der Waals surface area contributed by atoms with Gasteiger partial charge < -0.3 is 20.3 Å². The molecule has 0 bridgehead atoms. The van der Waals surface area contributed by atoms with E-state index in [2.05, 4.69) is 19.2 Å². The average Bonchev–Trinajstić information content (AvgIpc) is 3.16. The molecular weight excluding hydrogens is 659 g/mol. The molecule has 316 valence electrons. The Morgan fingerprint density at radius 1 is 0.453 bits per heavy atom. The van der Waals surface area contributed by atoms with Crippen molar-refractivity contribution in [2.45, 2.75) is 276 Å².